The molecule has 0 aliphatic rings. The SMILES string of the molecule is CCCC(NC)c1c(Cl)cnn1CCC. The number of nitrogens with zero attached hydrogens (tertiary/aromatic N) is 2. The molecule has 3 nitrogen and oxygen atoms in total. The lowest BCUT2D eigenvalue weighted by atomic mass is 10.1. The molecule has 1 aromatic rings. The van der Waals surface area contributed by atoms with Crippen molar-refractivity contribution in [2.24, 2.45) is 0 Å². The Bertz CT molecular complexity index is 296. The first kappa shape index (κ1) is 12.5. The first-order valence-corrected chi connectivity index (χ1v) is 6.00. The number of hydrogen-bond donors (Lipinski definition) is 1. The van der Waals surface area contributed by atoms with Crippen LogP contribution >= 0.6 is 11.6 Å². The van der Waals surface area contributed by atoms with E-state index in [2.05, 4.69) is 24.3 Å². The third-order valence-corrected chi connectivity index (χ3v) is 2.82. The van der Waals surface area contributed by atoms with E-state index < -0.39 is 0 Å². The van der Waals surface area contributed by atoms with E-state index in [4.69, 9.17) is 11.6 Å². The van der Waals surface area contributed by atoms with Crippen molar-refractivity contribution >= 4 is 11.6 Å². The summed E-state index contributed by atoms with van der Waals surface area (Å²) in [6.07, 6.45) is 5.05. The number of rotatable bonds is 6. The molecule has 0 saturated heterocycles. The van der Waals surface area contributed by atoms with Crippen LogP contribution in [0.5, 0.6) is 0 Å². The van der Waals surface area contributed by atoms with Crippen molar-refractivity contribution in [2.45, 2.75) is 45.7 Å². The molecule has 1 unspecified atom stereocenters. The van der Waals surface area contributed by atoms with E-state index in [1.54, 1.807) is 6.20 Å². The molecule has 0 bridgehead atoms. The van der Waals surface area contributed by atoms with E-state index >= 15 is 0 Å². The van der Waals surface area contributed by atoms with E-state index in [1.165, 1.54) is 0 Å². The molecule has 1 N–H and O–H groups in total. The zero-order valence-electron chi connectivity index (χ0n) is 9.76. The number of hydrogen-bond acceptors (Lipinski definition) is 2. The van der Waals surface area contributed by atoms with Crippen molar-refractivity contribution in [3.8, 4) is 0 Å². The smallest absolute Gasteiger partial charge is 0.0834 e. The lowest BCUT2D eigenvalue weighted by Gasteiger charge is -2.17. The van der Waals surface area contributed by atoms with Gasteiger partial charge < -0.3 is 5.32 Å². The Balaban J connectivity index is 2.92. The zero-order chi connectivity index (χ0) is 11.3. The number of aromatic nitrogens is 2. The molecule has 0 fully saturated rings. The Labute approximate surface area is 96.8 Å². The zero-order valence-corrected chi connectivity index (χ0v) is 10.5. The van der Waals surface area contributed by atoms with E-state index in [-0.39, 0.29) is 0 Å². The van der Waals surface area contributed by atoms with Gasteiger partial charge in [-0.15, -0.1) is 0 Å². The molecule has 0 saturated carbocycles. The minimum atomic E-state index is 0.316. The summed E-state index contributed by atoms with van der Waals surface area (Å²) < 4.78 is 2.01. The van der Waals surface area contributed by atoms with Crippen LogP contribution in [0, 0.1) is 0 Å². The molecule has 1 atom stereocenters. The Morgan fingerprint density at radius 2 is 2.20 bits per heavy atom. The Morgan fingerprint density at radius 1 is 1.47 bits per heavy atom. The van der Waals surface area contributed by atoms with Crippen molar-refractivity contribution in [1.82, 2.24) is 15.1 Å². The Morgan fingerprint density at radius 3 is 2.73 bits per heavy atom. The fourth-order valence-corrected chi connectivity index (χ4v) is 2.09. The standard InChI is InChI=1S/C11H20ClN3/c1-4-6-10(13-3)11-9(12)8-14-15(11)7-5-2/h8,10,13H,4-7H2,1-3H3. The molecular weight excluding hydrogens is 210 g/mol. The van der Waals surface area contributed by atoms with Gasteiger partial charge in [-0.05, 0) is 19.9 Å². The van der Waals surface area contributed by atoms with Crippen LogP contribution in [-0.4, -0.2) is 16.8 Å². The van der Waals surface area contributed by atoms with Crippen LogP contribution < -0.4 is 5.32 Å². The molecule has 1 rings (SSSR count). The highest BCUT2D eigenvalue weighted by molar-refractivity contribution is 6.31. The fourth-order valence-electron chi connectivity index (χ4n) is 1.81. The molecule has 86 valence electrons. The van der Waals surface area contributed by atoms with Crippen molar-refractivity contribution in [2.75, 3.05) is 7.05 Å². The van der Waals surface area contributed by atoms with E-state index in [9.17, 15) is 0 Å². The lowest BCUT2D eigenvalue weighted by molar-refractivity contribution is 0.473. The van der Waals surface area contributed by atoms with Crippen LogP contribution in [0.3, 0.4) is 0 Å². The van der Waals surface area contributed by atoms with Gasteiger partial charge in [-0.1, -0.05) is 31.9 Å². The maximum Gasteiger partial charge on any atom is 0.0834 e. The third-order valence-electron chi connectivity index (χ3n) is 2.52. The average Bonchev–Trinajstić information content (AvgIpc) is 2.58. The van der Waals surface area contributed by atoms with Gasteiger partial charge in [0.2, 0.25) is 0 Å². The summed E-state index contributed by atoms with van der Waals surface area (Å²) in [5.74, 6) is 0. The van der Waals surface area contributed by atoms with Crippen molar-refractivity contribution in [1.29, 1.82) is 0 Å². The van der Waals surface area contributed by atoms with Crippen LogP contribution in [0.25, 0.3) is 0 Å². The van der Waals surface area contributed by atoms with Gasteiger partial charge >= 0.3 is 0 Å². The minimum Gasteiger partial charge on any atom is -0.312 e. The largest absolute Gasteiger partial charge is 0.312 e. The molecule has 0 spiro atoms. The molecule has 4 heteroatoms. The van der Waals surface area contributed by atoms with Gasteiger partial charge in [-0.2, -0.15) is 5.10 Å². The van der Waals surface area contributed by atoms with Gasteiger partial charge in [-0.3, -0.25) is 4.68 Å². The summed E-state index contributed by atoms with van der Waals surface area (Å²) in [6, 6.07) is 0.316. The van der Waals surface area contributed by atoms with Crippen LogP contribution in [0.1, 0.15) is 44.8 Å². The minimum absolute atomic E-state index is 0.316. The van der Waals surface area contributed by atoms with Gasteiger partial charge in [-0.25, -0.2) is 0 Å². The Kier molecular flexibility index (Phi) is 5.12. The predicted octanol–water partition coefficient (Wildman–Crippen LogP) is 3.01. The number of aryl methyl sites for hydroxylation is 1. The van der Waals surface area contributed by atoms with Crippen LogP contribution in [0.15, 0.2) is 6.20 Å². The van der Waals surface area contributed by atoms with Gasteiger partial charge in [0, 0.05) is 6.54 Å². The molecule has 1 heterocycles. The summed E-state index contributed by atoms with van der Waals surface area (Å²) in [5.41, 5.74) is 1.13. The van der Waals surface area contributed by atoms with Crippen LogP contribution in [0.2, 0.25) is 5.02 Å². The van der Waals surface area contributed by atoms with E-state index in [1.807, 2.05) is 11.7 Å². The highest BCUT2D eigenvalue weighted by atomic mass is 35.5. The van der Waals surface area contributed by atoms with Gasteiger partial charge in [0.25, 0.3) is 0 Å². The Hall–Kier alpha value is -0.540. The third kappa shape index (κ3) is 2.95. The predicted molar refractivity (Wildman–Crippen MR) is 64.2 cm³/mol. The van der Waals surface area contributed by atoms with Crippen molar-refractivity contribution < 1.29 is 0 Å². The normalized spacial score (nSPS) is 13.1. The highest BCUT2D eigenvalue weighted by Gasteiger charge is 2.17. The molecule has 0 amide bonds. The summed E-state index contributed by atoms with van der Waals surface area (Å²) in [5, 5.41) is 8.38. The summed E-state index contributed by atoms with van der Waals surface area (Å²) >= 11 is 6.17. The monoisotopic (exact) mass is 229 g/mol. The molecule has 1 aromatic heterocycles. The van der Waals surface area contributed by atoms with Crippen molar-refractivity contribution in [3.05, 3.63) is 16.9 Å². The topological polar surface area (TPSA) is 29.9 Å². The molecule has 15 heavy (non-hydrogen) atoms. The maximum atomic E-state index is 6.17. The molecule has 0 aliphatic carbocycles. The summed E-state index contributed by atoms with van der Waals surface area (Å²) in [7, 11) is 1.97. The lowest BCUT2D eigenvalue weighted by Crippen LogP contribution is -2.20. The fraction of sp³-hybridized carbons (Fsp3) is 0.727. The van der Waals surface area contributed by atoms with E-state index in [0.29, 0.717) is 6.04 Å². The molecule has 0 aromatic carbocycles. The molecule has 0 aliphatic heterocycles. The van der Waals surface area contributed by atoms with Gasteiger partial charge in [0.15, 0.2) is 0 Å². The first-order chi connectivity index (χ1) is 7.24. The molecule has 0 radical (unpaired) electrons. The van der Waals surface area contributed by atoms with E-state index in [0.717, 1.165) is 36.5 Å². The summed E-state index contributed by atoms with van der Waals surface area (Å²) in [4.78, 5) is 0. The van der Waals surface area contributed by atoms with Crippen molar-refractivity contribution in [3.63, 3.8) is 0 Å². The number of nitrogens with one attached hydrogen (secondary N) is 1. The second kappa shape index (κ2) is 6.13. The molecular formula is C11H20ClN3. The van der Waals surface area contributed by atoms with Gasteiger partial charge in [0.05, 0.1) is 23.0 Å². The average molecular weight is 230 g/mol. The van der Waals surface area contributed by atoms with Crippen LogP contribution in [0.4, 0.5) is 0 Å². The number of halogens is 1. The van der Waals surface area contributed by atoms with Crippen LogP contribution in [-0.2, 0) is 6.54 Å². The van der Waals surface area contributed by atoms with Gasteiger partial charge in [0.1, 0.15) is 0 Å². The highest BCUT2D eigenvalue weighted by Crippen LogP contribution is 2.25. The second-order valence-corrected chi connectivity index (χ2v) is 4.14. The quantitative estimate of drug-likeness (QED) is 0.813. The second-order valence-electron chi connectivity index (χ2n) is 3.73. The maximum absolute atomic E-state index is 6.17. The summed E-state index contributed by atoms with van der Waals surface area (Å²) in [6.45, 7) is 5.26. The first-order valence-electron chi connectivity index (χ1n) is 5.63.